The van der Waals surface area contributed by atoms with E-state index < -0.39 is 0 Å². The lowest BCUT2D eigenvalue weighted by molar-refractivity contribution is -0.115. The van der Waals surface area contributed by atoms with Gasteiger partial charge >= 0.3 is 0 Å². The number of nitrogens with one attached hydrogen (secondary N) is 2. The average molecular weight is 369 g/mol. The minimum Gasteiger partial charge on any atom is -0.493 e. The fourth-order valence-corrected chi connectivity index (χ4v) is 2.36. The summed E-state index contributed by atoms with van der Waals surface area (Å²) in [5.74, 6) is 1.05. The molecule has 0 heterocycles. The van der Waals surface area contributed by atoms with Crippen LogP contribution in [0.3, 0.4) is 0 Å². The summed E-state index contributed by atoms with van der Waals surface area (Å²) in [7, 11) is 3.11. The van der Waals surface area contributed by atoms with Crippen LogP contribution in [0, 0.1) is 0 Å². The second-order valence-corrected chi connectivity index (χ2v) is 5.74. The molecule has 0 aliphatic carbocycles. The van der Waals surface area contributed by atoms with Crippen LogP contribution in [0.4, 0.5) is 11.4 Å². The lowest BCUT2D eigenvalue weighted by Crippen LogP contribution is -2.16. The van der Waals surface area contributed by atoms with Crippen molar-refractivity contribution in [1.82, 2.24) is 0 Å². The third-order valence-corrected chi connectivity index (χ3v) is 4.01. The minimum atomic E-state index is -0.116. The van der Waals surface area contributed by atoms with E-state index in [4.69, 9.17) is 32.7 Å². The average Bonchev–Trinajstić information content (AvgIpc) is 2.58. The maximum absolute atomic E-state index is 12.0. The number of methoxy groups -OCH3 is 2. The second kappa shape index (κ2) is 8.66. The molecule has 0 radical (unpaired) electrons. The number of hydrogen-bond acceptors (Lipinski definition) is 4. The van der Waals surface area contributed by atoms with E-state index in [-0.39, 0.29) is 5.91 Å². The quantitative estimate of drug-likeness (QED) is 0.757. The number of ether oxygens (including phenoxy) is 2. The third kappa shape index (κ3) is 4.94. The molecule has 0 unspecified atom stereocenters. The zero-order chi connectivity index (χ0) is 17.5. The Morgan fingerprint density at radius 3 is 2.33 bits per heavy atom. The van der Waals surface area contributed by atoms with E-state index in [2.05, 4.69) is 10.6 Å². The molecule has 24 heavy (non-hydrogen) atoms. The minimum absolute atomic E-state index is 0.116. The summed E-state index contributed by atoms with van der Waals surface area (Å²) in [5.41, 5.74) is 1.45. The Labute approximate surface area is 150 Å². The van der Waals surface area contributed by atoms with Gasteiger partial charge in [0.15, 0.2) is 11.5 Å². The van der Waals surface area contributed by atoms with E-state index in [0.717, 1.165) is 5.69 Å². The summed E-state index contributed by atoms with van der Waals surface area (Å²) in [6.07, 6.45) is 0.300. The molecule has 7 heteroatoms. The number of halogens is 2. The van der Waals surface area contributed by atoms with Crippen LogP contribution in [0.25, 0.3) is 0 Å². The van der Waals surface area contributed by atoms with Crippen molar-refractivity contribution in [3.8, 4) is 11.5 Å². The van der Waals surface area contributed by atoms with Crippen LogP contribution < -0.4 is 20.1 Å². The van der Waals surface area contributed by atoms with Crippen molar-refractivity contribution < 1.29 is 14.3 Å². The lowest BCUT2D eigenvalue weighted by atomic mass is 10.2. The largest absolute Gasteiger partial charge is 0.493 e. The molecular weight excluding hydrogens is 351 g/mol. The molecule has 0 aromatic heterocycles. The molecular formula is C17H18Cl2N2O3. The van der Waals surface area contributed by atoms with E-state index in [0.29, 0.717) is 40.2 Å². The fraction of sp³-hybridized carbons (Fsp3) is 0.235. The second-order valence-electron chi connectivity index (χ2n) is 4.92. The first-order valence-corrected chi connectivity index (χ1v) is 8.00. The van der Waals surface area contributed by atoms with E-state index in [1.54, 1.807) is 50.6 Å². The van der Waals surface area contributed by atoms with Gasteiger partial charge in [-0.05, 0) is 30.3 Å². The number of anilines is 2. The van der Waals surface area contributed by atoms with Crippen LogP contribution in [0.1, 0.15) is 6.42 Å². The summed E-state index contributed by atoms with van der Waals surface area (Å²) in [6, 6.07) is 10.4. The van der Waals surface area contributed by atoms with Crippen LogP contribution in [0.15, 0.2) is 36.4 Å². The van der Waals surface area contributed by atoms with Gasteiger partial charge in [0.1, 0.15) is 0 Å². The molecule has 0 atom stereocenters. The maximum Gasteiger partial charge on any atom is 0.226 e. The van der Waals surface area contributed by atoms with E-state index >= 15 is 0 Å². The predicted molar refractivity (Wildman–Crippen MR) is 97.7 cm³/mol. The first kappa shape index (κ1) is 18.2. The molecule has 1 amide bonds. The Kier molecular flexibility index (Phi) is 6.58. The molecule has 2 aromatic carbocycles. The Morgan fingerprint density at radius 2 is 1.67 bits per heavy atom. The third-order valence-electron chi connectivity index (χ3n) is 3.27. The number of carbonyl (C=O) groups is 1. The maximum atomic E-state index is 12.0. The topological polar surface area (TPSA) is 59.6 Å². The molecule has 2 N–H and O–H groups in total. The number of benzene rings is 2. The Bertz CT molecular complexity index is 723. The van der Waals surface area contributed by atoms with Crippen molar-refractivity contribution in [1.29, 1.82) is 0 Å². The summed E-state index contributed by atoms with van der Waals surface area (Å²) in [6.45, 7) is 0.469. The van der Waals surface area contributed by atoms with Crippen molar-refractivity contribution >= 4 is 40.5 Å². The van der Waals surface area contributed by atoms with Crippen molar-refractivity contribution in [2.24, 2.45) is 0 Å². The molecule has 0 spiro atoms. The van der Waals surface area contributed by atoms with Gasteiger partial charge in [0.05, 0.1) is 24.3 Å². The normalized spacial score (nSPS) is 10.2. The summed E-state index contributed by atoms with van der Waals surface area (Å²) in [5, 5.41) is 6.90. The molecule has 128 valence electrons. The van der Waals surface area contributed by atoms with E-state index in [1.807, 2.05) is 0 Å². The van der Waals surface area contributed by atoms with Crippen molar-refractivity contribution in [3.63, 3.8) is 0 Å². The molecule has 0 aliphatic heterocycles. The molecule has 0 fully saturated rings. The van der Waals surface area contributed by atoms with Crippen LogP contribution in [0.5, 0.6) is 11.5 Å². The first-order valence-electron chi connectivity index (χ1n) is 7.24. The standard InChI is InChI=1S/C17H18Cl2N2O3/c1-23-15-6-4-12(10-16(15)24-2)21-17(22)7-8-20-11-3-5-13(18)14(19)9-11/h3-6,9-10,20H,7-8H2,1-2H3,(H,21,22). The zero-order valence-electron chi connectivity index (χ0n) is 13.4. The van der Waals surface area contributed by atoms with Crippen LogP contribution in [-0.2, 0) is 4.79 Å². The van der Waals surface area contributed by atoms with Gasteiger partial charge in [-0.25, -0.2) is 0 Å². The van der Waals surface area contributed by atoms with Crippen molar-refractivity contribution in [2.75, 3.05) is 31.4 Å². The number of hydrogen-bond donors (Lipinski definition) is 2. The van der Waals surface area contributed by atoms with Gasteiger partial charge in [0.2, 0.25) is 5.91 Å². The summed E-state index contributed by atoms with van der Waals surface area (Å²) >= 11 is 11.8. The smallest absolute Gasteiger partial charge is 0.226 e. The highest BCUT2D eigenvalue weighted by molar-refractivity contribution is 6.42. The Morgan fingerprint density at radius 1 is 0.958 bits per heavy atom. The number of carbonyl (C=O) groups excluding carboxylic acids is 1. The van der Waals surface area contributed by atoms with Gasteiger partial charge in [-0.15, -0.1) is 0 Å². The van der Waals surface area contributed by atoms with E-state index in [1.165, 1.54) is 0 Å². The van der Waals surface area contributed by atoms with Crippen LogP contribution >= 0.6 is 23.2 Å². The van der Waals surface area contributed by atoms with Gasteiger partial charge in [-0.1, -0.05) is 23.2 Å². The predicted octanol–water partition coefficient (Wildman–Crippen LogP) is 4.45. The zero-order valence-corrected chi connectivity index (χ0v) is 14.9. The summed E-state index contributed by atoms with van der Waals surface area (Å²) in [4.78, 5) is 12.0. The van der Waals surface area contributed by atoms with Crippen LogP contribution in [0.2, 0.25) is 10.0 Å². The fourth-order valence-electron chi connectivity index (χ4n) is 2.06. The van der Waals surface area contributed by atoms with Gasteiger partial charge in [-0.2, -0.15) is 0 Å². The Hall–Kier alpha value is -2.11. The first-order chi connectivity index (χ1) is 11.5. The highest BCUT2D eigenvalue weighted by Gasteiger charge is 2.07. The molecule has 0 saturated carbocycles. The van der Waals surface area contributed by atoms with Crippen LogP contribution in [-0.4, -0.2) is 26.7 Å². The number of rotatable bonds is 7. The molecule has 2 aromatic rings. The van der Waals surface area contributed by atoms with Gasteiger partial charge in [-0.3, -0.25) is 4.79 Å². The van der Waals surface area contributed by atoms with Gasteiger partial charge < -0.3 is 20.1 Å². The monoisotopic (exact) mass is 368 g/mol. The van der Waals surface area contributed by atoms with E-state index in [9.17, 15) is 4.79 Å². The SMILES string of the molecule is COc1ccc(NC(=O)CCNc2ccc(Cl)c(Cl)c2)cc1OC. The van der Waals surface area contributed by atoms with Crippen molar-refractivity contribution in [2.45, 2.75) is 6.42 Å². The molecule has 2 rings (SSSR count). The molecule has 0 aliphatic rings. The summed E-state index contributed by atoms with van der Waals surface area (Å²) < 4.78 is 10.4. The van der Waals surface area contributed by atoms with Gasteiger partial charge in [0.25, 0.3) is 0 Å². The highest BCUT2D eigenvalue weighted by atomic mass is 35.5. The Balaban J connectivity index is 1.86. The molecule has 0 bridgehead atoms. The molecule has 5 nitrogen and oxygen atoms in total. The number of amides is 1. The van der Waals surface area contributed by atoms with Crippen molar-refractivity contribution in [3.05, 3.63) is 46.4 Å². The van der Waals surface area contributed by atoms with Gasteiger partial charge in [0, 0.05) is 30.4 Å². The molecule has 0 saturated heterocycles. The lowest BCUT2D eigenvalue weighted by Gasteiger charge is -2.11. The highest BCUT2D eigenvalue weighted by Crippen LogP contribution is 2.29.